The summed E-state index contributed by atoms with van der Waals surface area (Å²) in [6.45, 7) is 2.27. The second-order valence-corrected chi connectivity index (χ2v) is 5.83. The Balaban J connectivity index is 1.43. The number of hydrogen-bond acceptors (Lipinski definition) is 4. The summed E-state index contributed by atoms with van der Waals surface area (Å²) < 4.78 is 5.64. The van der Waals surface area contributed by atoms with Crippen molar-refractivity contribution in [2.75, 3.05) is 19.7 Å². The monoisotopic (exact) mass is 313 g/mol. The Bertz CT molecular complexity index is 682. The standard InChI is InChI=1S/C18H23N3O2/c22-18-16-9-5-4-8-15(16)17(20-21-18)10-11-19-12-13-23-14-6-2-1-3-7-14/h1-3,6-7,19H,4-5,8-13H2,(H,21,22). The summed E-state index contributed by atoms with van der Waals surface area (Å²) in [5.41, 5.74) is 3.17. The lowest BCUT2D eigenvalue weighted by Gasteiger charge is -2.17. The van der Waals surface area contributed by atoms with E-state index in [1.165, 1.54) is 5.56 Å². The lowest BCUT2D eigenvalue weighted by Crippen LogP contribution is -2.27. The van der Waals surface area contributed by atoms with Crippen LogP contribution in [-0.2, 0) is 19.3 Å². The average molecular weight is 313 g/mol. The first-order valence-electron chi connectivity index (χ1n) is 8.32. The van der Waals surface area contributed by atoms with Crippen LogP contribution in [0.25, 0.3) is 0 Å². The Morgan fingerprint density at radius 3 is 2.70 bits per heavy atom. The third-order valence-corrected chi connectivity index (χ3v) is 4.21. The van der Waals surface area contributed by atoms with Crippen LogP contribution in [0.5, 0.6) is 5.75 Å². The number of nitrogens with zero attached hydrogens (tertiary/aromatic N) is 1. The minimum absolute atomic E-state index is 0.00679. The van der Waals surface area contributed by atoms with E-state index in [1.54, 1.807) is 0 Å². The molecule has 1 aromatic heterocycles. The molecule has 0 aliphatic heterocycles. The van der Waals surface area contributed by atoms with Gasteiger partial charge in [-0.1, -0.05) is 18.2 Å². The first kappa shape index (κ1) is 15.7. The van der Waals surface area contributed by atoms with E-state index in [4.69, 9.17) is 4.74 Å². The Kier molecular flexibility index (Phi) is 5.42. The summed E-state index contributed by atoms with van der Waals surface area (Å²) >= 11 is 0. The molecule has 0 unspecified atom stereocenters. The van der Waals surface area contributed by atoms with Gasteiger partial charge in [0.25, 0.3) is 5.56 Å². The molecule has 1 aromatic carbocycles. The van der Waals surface area contributed by atoms with Crippen LogP contribution < -0.4 is 15.6 Å². The van der Waals surface area contributed by atoms with Gasteiger partial charge in [0, 0.05) is 25.1 Å². The highest BCUT2D eigenvalue weighted by atomic mass is 16.5. The van der Waals surface area contributed by atoms with Gasteiger partial charge < -0.3 is 10.1 Å². The molecule has 0 fully saturated rings. The van der Waals surface area contributed by atoms with Crippen molar-refractivity contribution in [2.24, 2.45) is 0 Å². The van der Waals surface area contributed by atoms with Crippen molar-refractivity contribution >= 4 is 0 Å². The molecule has 0 radical (unpaired) electrons. The van der Waals surface area contributed by atoms with Gasteiger partial charge in [-0.15, -0.1) is 0 Å². The van der Waals surface area contributed by atoms with Crippen LogP contribution in [0, 0.1) is 0 Å². The summed E-state index contributed by atoms with van der Waals surface area (Å²) in [5.74, 6) is 0.894. The normalized spacial score (nSPS) is 13.6. The zero-order valence-electron chi connectivity index (χ0n) is 13.3. The number of aromatic nitrogens is 2. The second kappa shape index (κ2) is 7.92. The fourth-order valence-electron chi connectivity index (χ4n) is 3.02. The van der Waals surface area contributed by atoms with Crippen LogP contribution in [0.15, 0.2) is 35.1 Å². The van der Waals surface area contributed by atoms with Crippen molar-refractivity contribution in [3.8, 4) is 5.75 Å². The number of aromatic amines is 1. The number of fused-ring (bicyclic) bond motifs is 1. The van der Waals surface area contributed by atoms with Crippen molar-refractivity contribution in [2.45, 2.75) is 32.1 Å². The molecule has 5 heteroatoms. The summed E-state index contributed by atoms with van der Waals surface area (Å²) in [7, 11) is 0. The fourth-order valence-corrected chi connectivity index (χ4v) is 3.02. The molecule has 2 N–H and O–H groups in total. The molecule has 5 nitrogen and oxygen atoms in total. The van der Waals surface area contributed by atoms with Gasteiger partial charge in [0.05, 0.1) is 5.69 Å². The third-order valence-electron chi connectivity index (χ3n) is 4.21. The van der Waals surface area contributed by atoms with Crippen LogP contribution in [0.4, 0.5) is 0 Å². The van der Waals surface area contributed by atoms with Crippen LogP contribution in [0.1, 0.15) is 29.7 Å². The number of benzene rings is 1. The van der Waals surface area contributed by atoms with Gasteiger partial charge in [0.15, 0.2) is 0 Å². The lowest BCUT2D eigenvalue weighted by molar-refractivity contribution is 0.314. The van der Waals surface area contributed by atoms with E-state index >= 15 is 0 Å². The Morgan fingerprint density at radius 1 is 1.09 bits per heavy atom. The van der Waals surface area contributed by atoms with E-state index in [-0.39, 0.29) is 5.56 Å². The average Bonchev–Trinajstić information content (AvgIpc) is 2.61. The molecule has 0 atom stereocenters. The number of rotatable bonds is 7. The lowest BCUT2D eigenvalue weighted by atomic mass is 9.91. The van der Waals surface area contributed by atoms with Gasteiger partial charge >= 0.3 is 0 Å². The first-order valence-corrected chi connectivity index (χ1v) is 8.32. The van der Waals surface area contributed by atoms with Crippen LogP contribution in [0.3, 0.4) is 0 Å². The molecular weight excluding hydrogens is 290 g/mol. The first-order chi connectivity index (χ1) is 11.3. The summed E-state index contributed by atoms with van der Waals surface area (Å²) in [4.78, 5) is 11.8. The summed E-state index contributed by atoms with van der Waals surface area (Å²) in [6, 6.07) is 9.82. The van der Waals surface area contributed by atoms with E-state index in [9.17, 15) is 4.79 Å². The number of H-pyrrole nitrogens is 1. The molecule has 1 aliphatic rings. The number of para-hydroxylation sites is 1. The van der Waals surface area contributed by atoms with Crippen molar-refractivity contribution in [1.29, 1.82) is 0 Å². The molecule has 0 bridgehead atoms. The molecule has 0 saturated heterocycles. The molecule has 23 heavy (non-hydrogen) atoms. The maximum Gasteiger partial charge on any atom is 0.267 e. The van der Waals surface area contributed by atoms with Gasteiger partial charge in [-0.2, -0.15) is 5.10 Å². The molecule has 0 saturated carbocycles. The molecule has 0 spiro atoms. The quantitative estimate of drug-likeness (QED) is 0.766. The number of nitrogens with one attached hydrogen (secondary N) is 2. The molecule has 122 valence electrons. The second-order valence-electron chi connectivity index (χ2n) is 5.83. The third kappa shape index (κ3) is 4.20. The van der Waals surface area contributed by atoms with Crippen molar-refractivity contribution in [1.82, 2.24) is 15.5 Å². The summed E-state index contributed by atoms with van der Waals surface area (Å²) in [6.07, 6.45) is 4.97. The Labute approximate surface area is 136 Å². The van der Waals surface area contributed by atoms with Crippen LogP contribution in [-0.4, -0.2) is 29.9 Å². The molecule has 2 aromatic rings. The highest BCUT2D eigenvalue weighted by molar-refractivity contribution is 5.30. The minimum Gasteiger partial charge on any atom is -0.492 e. The van der Waals surface area contributed by atoms with Gasteiger partial charge in [0.1, 0.15) is 12.4 Å². The van der Waals surface area contributed by atoms with Crippen LogP contribution in [0.2, 0.25) is 0 Å². The predicted molar refractivity (Wildman–Crippen MR) is 90.0 cm³/mol. The molecule has 1 heterocycles. The highest BCUT2D eigenvalue weighted by Gasteiger charge is 2.17. The van der Waals surface area contributed by atoms with Gasteiger partial charge in [-0.3, -0.25) is 4.79 Å². The Morgan fingerprint density at radius 2 is 1.87 bits per heavy atom. The van der Waals surface area contributed by atoms with E-state index in [2.05, 4.69) is 15.5 Å². The van der Waals surface area contributed by atoms with E-state index in [0.717, 1.165) is 62.2 Å². The SMILES string of the molecule is O=c1[nH]nc(CCNCCOc2ccccc2)c2c1CCCC2. The van der Waals surface area contributed by atoms with Crippen LogP contribution >= 0.6 is 0 Å². The highest BCUT2D eigenvalue weighted by Crippen LogP contribution is 2.20. The predicted octanol–water partition coefficient (Wildman–Crippen LogP) is 1.86. The van der Waals surface area contributed by atoms with Gasteiger partial charge in [-0.05, 0) is 43.4 Å². The maximum atomic E-state index is 11.8. The van der Waals surface area contributed by atoms with Crippen molar-refractivity contribution < 1.29 is 4.74 Å². The number of ether oxygens (including phenoxy) is 1. The van der Waals surface area contributed by atoms with Gasteiger partial charge in [-0.25, -0.2) is 5.10 Å². The maximum absolute atomic E-state index is 11.8. The molecule has 0 amide bonds. The zero-order valence-corrected chi connectivity index (χ0v) is 13.3. The van der Waals surface area contributed by atoms with E-state index in [1.807, 2.05) is 30.3 Å². The smallest absolute Gasteiger partial charge is 0.267 e. The number of hydrogen-bond donors (Lipinski definition) is 2. The summed E-state index contributed by atoms with van der Waals surface area (Å²) in [5, 5.41) is 10.3. The van der Waals surface area contributed by atoms with E-state index < -0.39 is 0 Å². The molecule has 1 aliphatic carbocycles. The van der Waals surface area contributed by atoms with Crippen molar-refractivity contribution in [3.05, 3.63) is 57.5 Å². The largest absolute Gasteiger partial charge is 0.492 e. The molecule has 3 rings (SSSR count). The minimum atomic E-state index is -0.00679. The zero-order chi connectivity index (χ0) is 15.9. The topological polar surface area (TPSA) is 67.0 Å². The fraction of sp³-hybridized carbons (Fsp3) is 0.444. The van der Waals surface area contributed by atoms with Gasteiger partial charge in [0.2, 0.25) is 0 Å². The van der Waals surface area contributed by atoms with E-state index in [0.29, 0.717) is 6.61 Å². The van der Waals surface area contributed by atoms with Crippen molar-refractivity contribution in [3.63, 3.8) is 0 Å². The molecular formula is C18H23N3O2. The Hall–Kier alpha value is -2.14.